The van der Waals surface area contributed by atoms with Crippen LogP contribution in [-0.4, -0.2) is 17.0 Å². The molecule has 1 aromatic heterocycles. The minimum absolute atomic E-state index is 0.845. The number of nitrogens with zero attached hydrogens (tertiary/aromatic N) is 2. The highest BCUT2D eigenvalue weighted by atomic mass is 15.0. The second-order valence-electron chi connectivity index (χ2n) is 3.15. The molecule has 0 aliphatic carbocycles. The average molecular weight is 179 g/mol. The molecule has 1 heterocycles. The van der Waals surface area contributed by atoms with Gasteiger partial charge < -0.3 is 5.32 Å². The van der Waals surface area contributed by atoms with E-state index in [2.05, 4.69) is 22.2 Å². The van der Waals surface area contributed by atoms with Gasteiger partial charge in [-0.15, -0.1) is 0 Å². The number of aromatic nitrogens is 2. The molecule has 0 aliphatic rings. The van der Waals surface area contributed by atoms with Gasteiger partial charge in [-0.1, -0.05) is 13.3 Å². The monoisotopic (exact) mass is 179 g/mol. The molecule has 3 nitrogen and oxygen atoms in total. The topological polar surface area (TPSA) is 37.8 Å². The fourth-order valence-corrected chi connectivity index (χ4v) is 1.24. The summed E-state index contributed by atoms with van der Waals surface area (Å²) in [6, 6.07) is 2.02. The largest absolute Gasteiger partial charge is 0.373 e. The fraction of sp³-hybridized carbons (Fsp3) is 0.600. The third kappa shape index (κ3) is 3.01. The first-order valence-corrected chi connectivity index (χ1v) is 4.78. The van der Waals surface area contributed by atoms with Gasteiger partial charge in [-0.05, 0) is 19.8 Å². The molecule has 13 heavy (non-hydrogen) atoms. The Morgan fingerprint density at radius 1 is 1.38 bits per heavy atom. The van der Waals surface area contributed by atoms with Crippen molar-refractivity contribution in [3.63, 3.8) is 0 Å². The van der Waals surface area contributed by atoms with E-state index in [1.807, 2.05) is 20.0 Å². The van der Waals surface area contributed by atoms with E-state index in [0.717, 1.165) is 23.8 Å². The van der Waals surface area contributed by atoms with E-state index in [-0.39, 0.29) is 0 Å². The molecule has 1 aromatic rings. The van der Waals surface area contributed by atoms with Gasteiger partial charge in [0.2, 0.25) is 0 Å². The van der Waals surface area contributed by atoms with E-state index in [9.17, 15) is 0 Å². The van der Waals surface area contributed by atoms with Gasteiger partial charge in [0.15, 0.2) is 0 Å². The van der Waals surface area contributed by atoms with Crippen LogP contribution in [0.4, 0.5) is 5.82 Å². The SMILES string of the molecule is CCCCc1cc(NC)nc(C)n1. The van der Waals surface area contributed by atoms with Gasteiger partial charge in [0.05, 0.1) is 0 Å². The Balaban J connectivity index is 2.76. The summed E-state index contributed by atoms with van der Waals surface area (Å²) in [5.74, 6) is 1.76. The number of rotatable bonds is 4. The zero-order chi connectivity index (χ0) is 9.68. The molecule has 0 bridgehead atoms. The lowest BCUT2D eigenvalue weighted by Gasteiger charge is -2.04. The zero-order valence-corrected chi connectivity index (χ0v) is 8.59. The molecule has 0 amide bonds. The Labute approximate surface area is 79.6 Å². The highest BCUT2D eigenvalue weighted by Gasteiger charge is 1.99. The summed E-state index contributed by atoms with van der Waals surface area (Å²) < 4.78 is 0. The van der Waals surface area contributed by atoms with E-state index in [4.69, 9.17) is 0 Å². The molecule has 0 saturated heterocycles. The van der Waals surface area contributed by atoms with Gasteiger partial charge in [0.25, 0.3) is 0 Å². The summed E-state index contributed by atoms with van der Waals surface area (Å²) in [4.78, 5) is 8.61. The fourth-order valence-electron chi connectivity index (χ4n) is 1.24. The Kier molecular flexibility index (Phi) is 3.68. The zero-order valence-electron chi connectivity index (χ0n) is 8.59. The van der Waals surface area contributed by atoms with E-state index < -0.39 is 0 Å². The van der Waals surface area contributed by atoms with Crippen molar-refractivity contribution >= 4 is 5.82 Å². The number of hydrogen-bond donors (Lipinski definition) is 1. The molecule has 3 heteroatoms. The molecule has 0 atom stereocenters. The van der Waals surface area contributed by atoms with E-state index in [1.165, 1.54) is 12.8 Å². The van der Waals surface area contributed by atoms with Gasteiger partial charge in [-0.25, -0.2) is 9.97 Å². The van der Waals surface area contributed by atoms with Crippen LogP contribution in [0, 0.1) is 6.92 Å². The van der Waals surface area contributed by atoms with Crippen LogP contribution in [0.5, 0.6) is 0 Å². The Morgan fingerprint density at radius 2 is 2.15 bits per heavy atom. The molecule has 0 radical (unpaired) electrons. The van der Waals surface area contributed by atoms with Gasteiger partial charge in [-0.3, -0.25) is 0 Å². The van der Waals surface area contributed by atoms with E-state index in [0.29, 0.717) is 0 Å². The van der Waals surface area contributed by atoms with Crippen LogP contribution in [0.1, 0.15) is 31.3 Å². The third-order valence-corrected chi connectivity index (χ3v) is 1.93. The van der Waals surface area contributed by atoms with Crippen molar-refractivity contribution in [1.82, 2.24) is 9.97 Å². The maximum Gasteiger partial charge on any atom is 0.129 e. The Morgan fingerprint density at radius 3 is 2.77 bits per heavy atom. The van der Waals surface area contributed by atoms with Gasteiger partial charge in [0.1, 0.15) is 11.6 Å². The van der Waals surface area contributed by atoms with Crippen LogP contribution in [0.25, 0.3) is 0 Å². The lowest BCUT2D eigenvalue weighted by atomic mass is 10.2. The predicted octanol–water partition coefficient (Wildman–Crippen LogP) is 2.17. The molecular formula is C10H17N3. The Hall–Kier alpha value is -1.12. The molecule has 0 spiro atoms. The van der Waals surface area contributed by atoms with Crippen molar-refractivity contribution < 1.29 is 0 Å². The van der Waals surface area contributed by atoms with E-state index >= 15 is 0 Å². The highest BCUT2D eigenvalue weighted by molar-refractivity contribution is 5.34. The Bertz CT molecular complexity index is 271. The van der Waals surface area contributed by atoms with Crippen LogP contribution in [0.15, 0.2) is 6.07 Å². The van der Waals surface area contributed by atoms with Crippen molar-refractivity contribution in [3.05, 3.63) is 17.6 Å². The van der Waals surface area contributed by atoms with Crippen molar-refractivity contribution in [3.8, 4) is 0 Å². The maximum atomic E-state index is 4.37. The normalized spacial score (nSPS) is 10.1. The van der Waals surface area contributed by atoms with Crippen molar-refractivity contribution in [2.75, 3.05) is 12.4 Å². The van der Waals surface area contributed by atoms with Crippen LogP contribution >= 0.6 is 0 Å². The lowest BCUT2D eigenvalue weighted by molar-refractivity contribution is 0.768. The van der Waals surface area contributed by atoms with E-state index in [1.54, 1.807) is 0 Å². The second-order valence-corrected chi connectivity index (χ2v) is 3.15. The predicted molar refractivity (Wildman–Crippen MR) is 54.9 cm³/mol. The molecule has 0 unspecified atom stereocenters. The molecule has 1 rings (SSSR count). The average Bonchev–Trinajstić information content (AvgIpc) is 2.14. The van der Waals surface area contributed by atoms with Gasteiger partial charge in [-0.2, -0.15) is 0 Å². The van der Waals surface area contributed by atoms with Crippen LogP contribution in [-0.2, 0) is 6.42 Å². The summed E-state index contributed by atoms with van der Waals surface area (Å²) in [5.41, 5.74) is 1.14. The first-order chi connectivity index (χ1) is 6.26. The number of unbranched alkanes of at least 4 members (excludes halogenated alkanes) is 1. The summed E-state index contributed by atoms with van der Waals surface area (Å²) in [7, 11) is 1.88. The first kappa shape index (κ1) is 9.96. The van der Waals surface area contributed by atoms with Crippen molar-refractivity contribution in [1.29, 1.82) is 0 Å². The number of anilines is 1. The second kappa shape index (κ2) is 4.80. The minimum atomic E-state index is 0.845. The summed E-state index contributed by atoms with van der Waals surface area (Å²) in [5, 5.41) is 3.03. The number of hydrogen-bond acceptors (Lipinski definition) is 3. The molecule has 1 N–H and O–H groups in total. The van der Waals surface area contributed by atoms with Crippen LogP contribution in [0.3, 0.4) is 0 Å². The number of aryl methyl sites for hydroxylation is 2. The summed E-state index contributed by atoms with van der Waals surface area (Å²) in [6.07, 6.45) is 3.45. The quantitative estimate of drug-likeness (QED) is 0.769. The highest BCUT2D eigenvalue weighted by Crippen LogP contribution is 2.08. The molecule has 72 valence electrons. The molecule has 0 fully saturated rings. The first-order valence-electron chi connectivity index (χ1n) is 4.78. The third-order valence-electron chi connectivity index (χ3n) is 1.93. The van der Waals surface area contributed by atoms with Crippen molar-refractivity contribution in [2.45, 2.75) is 33.1 Å². The minimum Gasteiger partial charge on any atom is -0.373 e. The molecule has 0 aliphatic heterocycles. The van der Waals surface area contributed by atoms with Crippen molar-refractivity contribution in [2.24, 2.45) is 0 Å². The smallest absolute Gasteiger partial charge is 0.129 e. The number of nitrogens with one attached hydrogen (secondary N) is 1. The van der Waals surface area contributed by atoms with Gasteiger partial charge >= 0.3 is 0 Å². The summed E-state index contributed by atoms with van der Waals surface area (Å²) >= 11 is 0. The van der Waals surface area contributed by atoms with Gasteiger partial charge in [0, 0.05) is 18.8 Å². The lowest BCUT2D eigenvalue weighted by Crippen LogP contribution is -2.00. The van der Waals surface area contributed by atoms with Crippen LogP contribution < -0.4 is 5.32 Å². The maximum absolute atomic E-state index is 4.37. The molecule has 0 saturated carbocycles. The molecular weight excluding hydrogens is 162 g/mol. The van der Waals surface area contributed by atoms with Crippen LogP contribution in [0.2, 0.25) is 0 Å². The standard InChI is InChI=1S/C10H17N3/c1-4-5-6-9-7-10(11-3)13-8(2)12-9/h7H,4-6H2,1-3H3,(H,11,12,13). The summed E-state index contributed by atoms with van der Waals surface area (Å²) in [6.45, 7) is 4.11. The molecule has 0 aromatic carbocycles.